The molecule has 1 amide bonds. The zero-order valence-corrected chi connectivity index (χ0v) is 33.6. The van der Waals surface area contributed by atoms with Gasteiger partial charge in [0, 0.05) is 46.5 Å². The fraction of sp³-hybridized carbons (Fsp3) is 0.733. The summed E-state index contributed by atoms with van der Waals surface area (Å²) >= 11 is 0. The summed E-state index contributed by atoms with van der Waals surface area (Å²) in [4.78, 5) is 27.2. The molecule has 1 aromatic carbocycles. The SMILES string of the molecule is CCCCCCCCCCCCCCCC(=O)CC1(C)CCC(CC)(NC(=O)c2ccc(C3=CCC(CC)(CO)N3)c(C3=CCC(C)(CO)N3)c2)C1. The topological polar surface area (TPSA) is 111 Å². The van der Waals surface area contributed by atoms with E-state index in [1.807, 2.05) is 25.1 Å². The smallest absolute Gasteiger partial charge is 0.251 e. The number of ketones is 1. The molecule has 1 aromatic rings. The van der Waals surface area contributed by atoms with E-state index in [0.717, 1.165) is 73.9 Å². The van der Waals surface area contributed by atoms with Gasteiger partial charge in [-0.05, 0) is 75.8 Å². The Kier molecular flexibility index (Phi) is 15.9. The Hall–Kier alpha value is -2.64. The summed E-state index contributed by atoms with van der Waals surface area (Å²) in [6, 6.07) is 5.88. The number of nitrogens with one attached hydrogen (secondary N) is 3. The zero-order chi connectivity index (χ0) is 37.7. The van der Waals surface area contributed by atoms with Crippen LogP contribution in [0.3, 0.4) is 0 Å². The van der Waals surface area contributed by atoms with Crippen LogP contribution in [0.15, 0.2) is 30.4 Å². The summed E-state index contributed by atoms with van der Waals surface area (Å²) in [7, 11) is 0. The largest absolute Gasteiger partial charge is 0.394 e. The lowest BCUT2D eigenvalue weighted by atomic mass is 9.79. The van der Waals surface area contributed by atoms with Crippen LogP contribution in [0.5, 0.6) is 0 Å². The summed E-state index contributed by atoms with van der Waals surface area (Å²) in [6.45, 7) is 10.8. The van der Waals surface area contributed by atoms with Gasteiger partial charge in [-0.15, -0.1) is 0 Å². The second-order valence-corrected chi connectivity index (χ2v) is 17.4. The Morgan fingerprint density at radius 3 is 1.90 bits per heavy atom. The van der Waals surface area contributed by atoms with Crippen molar-refractivity contribution in [2.75, 3.05) is 13.2 Å². The van der Waals surface area contributed by atoms with E-state index in [9.17, 15) is 19.8 Å². The molecule has 4 unspecified atom stereocenters. The molecule has 4 rings (SSSR count). The first kappa shape index (κ1) is 42.1. The molecule has 1 saturated carbocycles. The Bertz CT molecular complexity index is 1380. The monoisotopic (exact) mass is 720 g/mol. The van der Waals surface area contributed by atoms with Crippen LogP contribution in [0.1, 0.15) is 197 Å². The molecule has 5 N–H and O–H groups in total. The van der Waals surface area contributed by atoms with Gasteiger partial charge in [-0.25, -0.2) is 0 Å². The molecule has 0 aromatic heterocycles. The molecular formula is C45H73N3O4. The van der Waals surface area contributed by atoms with Gasteiger partial charge in [-0.3, -0.25) is 9.59 Å². The Morgan fingerprint density at radius 1 is 0.731 bits per heavy atom. The molecular weight excluding hydrogens is 647 g/mol. The summed E-state index contributed by atoms with van der Waals surface area (Å²) in [5, 5.41) is 30.7. The third-order valence-electron chi connectivity index (χ3n) is 12.7. The van der Waals surface area contributed by atoms with E-state index in [1.54, 1.807) is 0 Å². The second-order valence-electron chi connectivity index (χ2n) is 17.4. The standard InChI is InChI=1S/C45H73N3O4/c1-6-9-10-11-12-13-14-15-16-17-18-19-20-21-36(51)31-42(4)28-29-44(7-2,32-42)48-41(52)35-22-23-37(39-25-27-45(8-3,34-50)47-39)38(30-35)40-24-26-43(5,33-49)46-40/h22-25,30,46-47,49-50H,6-21,26-29,31-34H2,1-5H3,(H,48,52). The van der Waals surface area contributed by atoms with Crippen molar-refractivity contribution < 1.29 is 19.8 Å². The van der Waals surface area contributed by atoms with Gasteiger partial charge in [0.15, 0.2) is 0 Å². The summed E-state index contributed by atoms with van der Waals surface area (Å²) in [5.74, 6) is 0.284. The molecule has 0 radical (unpaired) electrons. The van der Waals surface area contributed by atoms with Crippen molar-refractivity contribution in [2.45, 2.75) is 192 Å². The summed E-state index contributed by atoms with van der Waals surface area (Å²) in [5.41, 5.74) is 3.08. The first-order valence-electron chi connectivity index (χ1n) is 21.1. The molecule has 3 aliphatic rings. The van der Waals surface area contributed by atoms with Crippen LogP contribution in [0.2, 0.25) is 0 Å². The van der Waals surface area contributed by atoms with E-state index in [0.29, 0.717) is 30.6 Å². The van der Waals surface area contributed by atoms with Crippen molar-refractivity contribution in [3.05, 3.63) is 47.0 Å². The van der Waals surface area contributed by atoms with Gasteiger partial charge in [0.05, 0.1) is 24.3 Å². The zero-order valence-electron chi connectivity index (χ0n) is 33.6. The maximum absolute atomic E-state index is 14.0. The van der Waals surface area contributed by atoms with E-state index in [2.05, 4.69) is 55.8 Å². The van der Waals surface area contributed by atoms with Crippen LogP contribution in [0.25, 0.3) is 11.4 Å². The fourth-order valence-electron chi connectivity index (χ4n) is 8.89. The highest BCUT2D eigenvalue weighted by atomic mass is 16.3. The maximum atomic E-state index is 14.0. The predicted octanol–water partition coefficient (Wildman–Crippen LogP) is 9.76. The van der Waals surface area contributed by atoms with Gasteiger partial charge < -0.3 is 26.2 Å². The highest BCUT2D eigenvalue weighted by molar-refractivity contribution is 5.97. The van der Waals surface area contributed by atoms with Crippen molar-refractivity contribution in [1.29, 1.82) is 0 Å². The minimum Gasteiger partial charge on any atom is -0.394 e. The number of rotatable bonds is 24. The summed E-state index contributed by atoms with van der Waals surface area (Å²) in [6.07, 6.45) is 28.2. The van der Waals surface area contributed by atoms with E-state index < -0.39 is 5.54 Å². The van der Waals surface area contributed by atoms with Gasteiger partial charge in [-0.2, -0.15) is 0 Å². The molecule has 0 saturated heterocycles. The molecule has 7 heteroatoms. The van der Waals surface area contributed by atoms with Crippen molar-refractivity contribution in [2.24, 2.45) is 5.41 Å². The number of amides is 1. The van der Waals surface area contributed by atoms with Crippen molar-refractivity contribution in [1.82, 2.24) is 16.0 Å². The third-order valence-corrected chi connectivity index (χ3v) is 12.7. The molecule has 2 heterocycles. The number of hydrogen-bond donors (Lipinski definition) is 5. The fourth-order valence-corrected chi connectivity index (χ4v) is 8.89. The minimum absolute atomic E-state index is 0.00655. The number of aliphatic hydroxyl groups excluding tert-OH is 2. The van der Waals surface area contributed by atoms with Crippen molar-refractivity contribution >= 4 is 23.1 Å². The van der Waals surface area contributed by atoms with Gasteiger partial charge in [0.25, 0.3) is 5.91 Å². The van der Waals surface area contributed by atoms with Crippen LogP contribution in [-0.4, -0.2) is 51.7 Å². The minimum atomic E-state index is -0.453. The lowest BCUT2D eigenvalue weighted by molar-refractivity contribution is -0.121. The number of Topliss-reactive ketones (excluding diaryl/α,β-unsaturated/α-hetero) is 1. The van der Waals surface area contributed by atoms with Crippen molar-refractivity contribution in [3.8, 4) is 0 Å². The molecule has 4 atom stereocenters. The second kappa shape index (κ2) is 19.6. The quantitative estimate of drug-likeness (QED) is 0.0681. The van der Waals surface area contributed by atoms with Crippen LogP contribution < -0.4 is 16.0 Å². The van der Waals surface area contributed by atoms with E-state index >= 15 is 0 Å². The lowest BCUT2D eigenvalue weighted by Crippen LogP contribution is -2.47. The van der Waals surface area contributed by atoms with Gasteiger partial charge >= 0.3 is 0 Å². The number of aliphatic hydroxyl groups is 2. The third kappa shape index (κ3) is 11.4. The first-order valence-corrected chi connectivity index (χ1v) is 21.1. The number of carbonyl (C=O) groups is 2. The Morgan fingerprint density at radius 2 is 1.35 bits per heavy atom. The number of unbranched alkanes of at least 4 members (excludes halogenated alkanes) is 12. The number of hydrogen-bond acceptors (Lipinski definition) is 6. The van der Waals surface area contributed by atoms with E-state index in [1.165, 1.54) is 70.6 Å². The van der Waals surface area contributed by atoms with Crippen LogP contribution in [0, 0.1) is 5.41 Å². The molecule has 0 bridgehead atoms. The van der Waals surface area contributed by atoms with Gasteiger partial charge in [-0.1, -0.05) is 123 Å². The molecule has 292 valence electrons. The Balaban J connectivity index is 1.29. The van der Waals surface area contributed by atoms with E-state index in [-0.39, 0.29) is 35.6 Å². The molecule has 2 aliphatic heterocycles. The lowest BCUT2D eigenvalue weighted by Gasteiger charge is -2.32. The number of benzene rings is 1. The maximum Gasteiger partial charge on any atom is 0.251 e. The molecule has 52 heavy (non-hydrogen) atoms. The predicted molar refractivity (Wildman–Crippen MR) is 216 cm³/mol. The Labute approximate surface area is 316 Å². The highest BCUT2D eigenvalue weighted by Gasteiger charge is 2.46. The summed E-state index contributed by atoms with van der Waals surface area (Å²) < 4.78 is 0. The van der Waals surface area contributed by atoms with Gasteiger partial charge in [0.2, 0.25) is 0 Å². The van der Waals surface area contributed by atoms with Crippen LogP contribution in [0.4, 0.5) is 0 Å². The molecule has 1 fully saturated rings. The van der Waals surface area contributed by atoms with Crippen molar-refractivity contribution in [3.63, 3.8) is 0 Å². The molecule has 0 spiro atoms. The van der Waals surface area contributed by atoms with E-state index in [4.69, 9.17) is 0 Å². The first-order chi connectivity index (χ1) is 25.0. The average molecular weight is 720 g/mol. The van der Waals surface area contributed by atoms with Crippen LogP contribution >= 0.6 is 0 Å². The van der Waals surface area contributed by atoms with Gasteiger partial charge in [0.1, 0.15) is 5.78 Å². The highest BCUT2D eigenvalue weighted by Crippen LogP contribution is 2.48. The molecule has 1 aliphatic carbocycles. The van der Waals surface area contributed by atoms with Crippen LogP contribution in [-0.2, 0) is 4.79 Å². The average Bonchev–Trinajstić information content (AvgIpc) is 3.86. The normalized spacial score (nSPS) is 26.9. The number of carbonyl (C=O) groups excluding carboxylic acids is 2. The molecule has 7 nitrogen and oxygen atoms in total.